The van der Waals surface area contributed by atoms with Gasteiger partial charge in [-0.15, -0.1) is 0 Å². The normalized spacial score (nSPS) is 25.6. The van der Waals surface area contributed by atoms with Crippen molar-refractivity contribution in [2.75, 3.05) is 26.4 Å². The first kappa shape index (κ1) is 101. The van der Waals surface area contributed by atoms with E-state index in [1.807, 2.05) is 6.08 Å². The van der Waals surface area contributed by atoms with Gasteiger partial charge in [0.2, 0.25) is 5.91 Å². The molecule has 17 unspecified atom stereocenters. The molecule has 3 aliphatic heterocycles. The van der Waals surface area contributed by atoms with E-state index >= 15 is 0 Å². The molecule has 640 valence electrons. The first-order valence-electron chi connectivity index (χ1n) is 44.8. The van der Waals surface area contributed by atoms with Gasteiger partial charge >= 0.3 is 0 Å². The van der Waals surface area contributed by atoms with E-state index < -0.39 is 124 Å². The number of hydrogen-bond donors (Lipinski definition) is 12. The van der Waals surface area contributed by atoms with Crippen molar-refractivity contribution in [2.24, 2.45) is 0 Å². The fourth-order valence-corrected chi connectivity index (χ4v) is 14.8. The molecule has 0 aromatic heterocycles. The lowest BCUT2D eigenvalue weighted by molar-refractivity contribution is -0.379. The zero-order valence-electron chi connectivity index (χ0n) is 69.0. The molecule has 3 rings (SSSR count). The zero-order valence-corrected chi connectivity index (χ0v) is 69.0. The molecule has 0 spiro atoms. The van der Waals surface area contributed by atoms with E-state index in [-0.39, 0.29) is 18.9 Å². The van der Waals surface area contributed by atoms with Crippen LogP contribution in [-0.2, 0) is 33.2 Å². The largest absolute Gasteiger partial charge is 0.394 e. The molecule has 3 fully saturated rings. The Morgan fingerprint density at radius 3 is 0.982 bits per heavy atom. The molecule has 0 bridgehead atoms. The van der Waals surface area contributed by atoms with Gasteiger partial charge in [-0.25, -0.2) is 0 Å². The summed E-state index contributed by atoms with van der Waals surface area (Å²) in [6.45, 7) is 1.67. The van der Waals surface area contributed by atoms with Crippen LogP contribution in [0.15, 0.2) is 85.1 Å². The number of hydrogen-bond acceptors (Lipinski definition) is 18. The number of carbonyl (C=O) groups excluding carboxylic acids is 1. The zero-order chi connectivity index (χ0) is 79.5. The Balaban J connectivity index is 1.31. The summed E-state index contributed by atoms with van der Waals surface area (Å²) in [5, 5.41) is 121. The number of allylic oxidation sites excluding steroid dienone is 13. The Morgan fingerprint density at radius 2 is 0.627 bits per heavy atom. The molecule has 3 aliphatic rings. The molecule has 0 aromatic rings. The fourth-order valence-electron chi connectivity index (χ4n) is 14.8. The van der Waals surface area contributed by atoms with Crippen LogP contribution in [0.1, 0.15) is 354 Å². The highest BCUT2D eigenvalue weighted by Crippen LogP contribution is 2.33. The molecule has 0 aromatic carbocycles. The monoisotopic (exact) mass is 1560 g/mol. The van der Waals surface area contributed by atoms with Gasteiger partial charge in [0.15, 0.2) is 18.9 Å². The number of nitrogens with one attached hydrogen (secondary N) is 1. The maximum atomic E-state index is 13.5. The molecule has 17 atom stereocenters. The predicted octanol–water partition coefficient (Wildman–Crippen LogP) is 16.9. The van der Waals surface area contributed by atoms with Gasteiger partial charge in [0.1, 0.15) is 73.2 Å². The maximum Gasteiger partial charge on any atom is 0.220 e. The van der Waals surface area contributed by atoms with Crippen molar-refractivity contribution in [3.05, 3.63) is 85.1 Å². The number of aliphatic hydroxyl groups is 11. The lowest BCUT2D eigenvalue weighted by atomic mass is 9.96. The average molecular weight is 1560 g/mol. The highest BCUT2D eigenvalue weighted by molar-refractivity contribution is 5.76. The molecule has 1 amide bonds. The molecule has 0 aliphatic carbocycles. The Hall–Kier alpha value is -3.03. The number of aliphatic hydroxyl groups excluding tert-OH is 11. The molecular weight excluding hydrogens is 1390 g/mol. The van der Waals surface area contributed by atoms with Crippen molar-refractivity contribution in [3.8, 4) is 0 Å². The molecule has 0 radical (unpaired) electrons. The van der Waals surface area contributed by atoms with Gasteiger partial charge in [-0.05, 0) is 70.6 Å². The van der Waals surface area contributed by atoms with Crippen LogP contribution in [-0.4, -0.2) is 193 Å². The molecule has 12 N–H and O–H groups in total. The first-order chi connectivity index (χ1) is 53.8. The number of rotatable bonds is 72. The lowest BCUT2D eigenvalue weighted by Gasteiger charge is -2.48. The number of unbranched alkanes of at least 4 members (excludes halogenated alkanes) is 44. The minimum Gasteiger partial charge on any atom is -0.394 e. The van der Waals surface area contributed by atoms with Crippen molar-refractivity contribution < 1.29 is 89.4 Å². The number of carbonyl (C=O) groups is 1. The summed E-state index contributed by atoms with van der Waals surface area (Å²) in [6, 6.07) is -0.977. The SMILES string of the molecule is CC/C=C\C/C=C\C/C=C\C/C=C\C/C=C\C/C=C\CCCCCCCCCCCCCCCCCCCCCCC(=O)NC(COC1OC(CO)C(OC2OC(CO)C(OC3OC(CO)C(O)C(O)C3O)C(O)C2O)C(O)C1O)C(O)/C=C/CCCCCCCCCCCCCCCCCCCCCCCCCC. The van der Waals surface area contributed by atoms with Gasteiger partial charge in [-0.3, -0.25) is 4.79 Å². The second kappa shape index (κ2) is 70.2. The van der Waals surface area contributed by atoms with E-state index in [0.717, 1.165) is 83.5 Å². The van der Waals surface area contributed by atoms with E-state index in [1.54, 1.807) is 6.08 Å². The molecule has 3 saturated heterocycles. The summed E-state index contributed by atoms with van der Waals surface area (Å²) in [5.74, 6) is -0.271. The smallest absolute Gasteiger partial charge is 0.220 e. The average Bonchev–Trinajstić information content (AvgIpc) is 0.780. The van der Waals surface area contributed by atoms with Gasteiger partial charge in [0, 0.05) is 6.42 Å². The van der Waals surface area contributed by atoms with E-state index in [1.165, 1.54) is 244 Å². The van der Waals surface area contributed by atoms with E-state index in [0.29, 0.717) is 6.42 Å². The lowest BCUT2D eigenvalue weighted by Crippen LogP contribution is -2.66. The molecule has 19 nitrogen and oxygen atoms in total. The van der Waals surface area contributed by atoms with Gasteiger partial charge in [0.25, 0.3) is 0 Å². The molecule has 3 heterocycles. The third-order valence-electron chi connectivity index (χ3n) is 21.9. The summed E-state index contributed by atoms with van der Waals surface area (Å²) in [4.78, 5) is 13.5. The minimum atomic E-state index is -1.98. The van der Waals surface area contributed by atoms with Crippen LogP contribution >= 0.6 is 0 Å². The van der Waals surface area contributed by atoms with Gasteiger partial charge in [-0.1, -0.05) is 362 Å². The third kappa shape index (κ3) is 48.5. The molecule has 110 heavy (non-hydrogen) atoms. The third-order valence-corrected chi connectivity index (χ3v) is 21.9. The quantitative estimate of drug-likeness (QED) is 0.0199. The summed E-state index contributed by atoms with van der Waals surface area (Å²) in [7, 11) is 0. The highest BCUT2D eigenvalue weighted by Gasteiger charge is 2.54. The van der Waals surface area contributed by atoms with E-state index in [4.69, 9.17) is 28.4 Å². The summed E-state index contributed by atoms with van der Waals surface area (Å²) < 4.78 is 34.5. The van der Waals surface area contributed by atoms with E-state index in [2.05, 4.69) is 92.1 Å². The summed E-state index contributed by atoms with van der Waals surface area (Å²) >= 11 is 0. The van der Waals surface area contributed by atoms with E-state index in [9.17, 15) is 61.0 Å². The maximum absolute atomic E-state index is 13.5. The number of amides is 1. The molecule has 0 saturated carbocycles. The van der Waals surface area contributed by atoms with Gasteiger partial charge in [-0.2, -0.15) is 0 Å². The summed E-state index contributed by atoms with van der Waals surface area (Å²) in [6.07, 6.45) is 68.7. The Kier molecular flexibility index (Phi) is 64.6. The van der Waals surface area contributed by atoms with Crippen LogP contribution in [0, 0.1) is 0 Å². The van der Waals surface area contributed by atoms with Crippen molar-refractivity contribution in [2.45, 2.75) is 458 Å². The Morgan fingerprint density at radius 1 is 0.336 bits per heavy atom. The van der Waals surface area contributed by atoms with Crippen molar-refractivity contribution in [1.82, 2.24) is 5.32 Å². The van der Waals surface area contributed by atoms with Crippen molar-refractivity contribution in [1.29, 1.82) is 0 Å². The van der Waals surface area contributed by atoms with Crippen LogP contribution in [0.5, 0.6) is 0 Å². The second-order valence-electron chi connectivity index (χ2n) is 31.7. The molecular formula is C91H163NO18. The second-order valence-corrected chi connectivity index (χ2v) is 31.7. The highest BCUT2D eigenvalue weighted by atomic mass is 16.8. The topological polar surface area (TPSA) is 307 Å². The predicted molar refractivity (Wildman–Crippen MR) is 443 cm³/mol. The van der Waals surface area contributed by atoms with Gasteiger partial charge < -0.3 is 89.9 Å². The van der Waals surface area contributed by atoms with Crippen molar-refractivity contribution >= 4 is 5.91 Å². The van der Waals surface area contributed by atoms with Crippen LogP contribution < -0.4 is 5.32 Å². The van der Waals surface area contributed by atoms with Crippen LogP contribution in [0.3, 0.4) is 0 Å². The molecule has 19 heteroatoms. The first-order valence-corrected chi connectivity index (χ1v) is 44.8. The van der Waals surface area contributed by atoms with Crippen molar-refractivity contribution in [3.63, 3.8) is 0 Å². The van der Waals surface area contributed by atoms with Crippen LogP contribution in [0.4, 0.5) is 0 Å². The Labute approximate surface area is 667 Å². The fraction of sp³-hybridized carbons (Fsp3) is 0.835. The summed E-state index contributed by atoms with van der Waals surface area (Å²) in [5.41, 5.74) is 0. The van der Waals surface area contributed by atoms with Gasteiger partial charge in [0.05, 0.1) is 38.6 Å². The Bertz CT molecular complexity index is 2310. The minimum absolute atomic E-state index is 0.244. The van der Waals surface area contributed by atoms with Crippen LogP contribution in [0.2, 0.25) is 0 Å². The number of ether oxygens (including phenoxy) is 6. The standard InChI is InChI=1S/C91H163NO18/c1-3-5-7-9-11-13-15-17-19-21-23-25-27-29-31-32-33-34-35-36-37-38-39-40-41-42-43-45-47-49-51-53-55-57-59-61-63-65-67-69-79(97)92-74(75(96)68-66-64-62-60-58-56-54-52-50-48-46-44-30-28-26-24-22-20-18-16-14-12-10-8-6-4-2)73-105-89-85(103)82(100)87(77(71-94)107-89)110-91-86(104)83(101)88(78(72-95)108-91)109-90-84(102)81(99)80(98)76(70-93)106-90/h5,7,11,13,17,19,23,25,29,31,33-34,66,68,74-78,80-91,93-96,98-104H,3-4,6,8-10,12,14-16,18,20-22,24,26-28,30,32,35-65,67,69-73H2,1-2H3,(H,92,97)/b7-5-,13-11-,19-17-,25-23-,31-29-,34-33-,68-66+. The van der Waals surface area contributed by atoms with Crippen LogP contribution in [0.25, 0.3) is 0 Å².